The van der Waals surface area contributed by atoms with Crippen molar-refractivity contribution in [3.8, 4) is 11.5 Å². The molecule has 0 radical (unpaired) electrons. The Morgan fingerprint density at radius 1 is 1.12 bits per heavy atom. The van der Waals surface area contributed by atoms with Crippen molar-refractivity contribution in [3.05, 3.63) is 71.2 Å². The highest BCUT2D eigenvalue weighted by atomic mass is 35.5. The van der Waals surface area contributed by atoms with Gasteiger partial charge in [-0.3, -0.25) is 0 Å². The molecule has 25 heavy (non-hydrogen) atoms. The Morgan fingerprint density at radius 3 is 2.76 bits per heavy atom. The third-order valence-electron chi connectivity index (χ3n) is 3.69. The molecule has 0 amide bonds. The third-order valence-corrected chi connectivity index (χ3v) is 3.95. The first-order valence-corrected chi connectivity index (χ1v) is 7.90. The fourth-order valence-electron chi connectivity index (χ4n) is 2.47. The molecule has 0 spiro atoms. The minimum atomic E-state index is -0.455. The lowest BCUT2D eigenvalue weighted by molar-refractivity contribution is 0.0441. The molecule has 0 aliphatic heterocycles. The minimum absolute atomic E-state index is 0.0983. The lowest BCUT2D eigenvalue weighted by Crippen LogP contribution is -2.04. The van der Waals surface area contributed by atoms with Crippen LogP contribution in [0, 0.1) is 0 Å². The zero-order chi connectivity index (χ0) is 17.2. The van der Waals surface area contributed by atoms with Crippen molar-refractivity contribution < 1.29 is 13.9 Å². The summed E-state index contributed by atoms with van der Waals surface area (Å²) in [5.74, 6) is 0.108. The van der Waals surface area contributed by atoms with Crippen molar-refractivity contribution in [2.75, 3.05) is 0 Å². The Kier molecular flexibility index (Phi) is 3.95. The van der Waals surface area contributed by atoms with Gasteiger partial charge in [-0.05, 0) is 30.3 Å². The number of hydrogen-bond acceptors (Lipinski definition) is 5. The van der Waals surface area contributed by atoms with Crippen LogP contribution in [-0.2, 0) is 11.3 Å². The second-order valence-electron chi connectivity index (χ2n) is 5.33. The van der Waals surface area contributed by atoms with Gasteiger partial charge in [0.25, 0.3) is 5.89 Å². The Hall–Kier alpha value is -3.12. The van der Waals surface area contributed by atoms with Crippen LogP contribution in [0.25, 0.3) is 22.4 Å². The molecule has 6 nitrogen and oxygen atoms in total. The van der Waals surface area contributed by atoms with E-state index >= 15 is 0 Å². The average Bonchev–Trinajstić information content (AvgIpc) is 3.27. The lowest BCUT2D eigenvalue weighted by Gasteiger charge is -2.00. The largest absolute Gasteiger partial charge is 0.452 e. The topological polar surface area (TPSA) is 81.0 Å². The number of fused-ring (bicyclic) bond motifs is 1. The molecule has 2 heterocycles. The van der Waals surface area contributed by atoms with Gasteiger partial charge in [0.2, 0.25) is 5.89 Å². The van der Waals surface area contributed by atoms with Crippen molar-refractivity contribution in [2.24, 2.45) is 0 Å². The molecule has 0 bridgehead atoms. The number of carbonyl (C=O) groups is 1. The molecule has 4 aromatic rings. The number of carbonyl (C=O) groups excluding carboxylic acids is 1. The fourth-order valence-corrected chi connectivity index (χ4v) is 2.59. The molecule has 0 saturated heterocycles. The van der Waals surface area contributed by atoms with Gasteiger partial charge in [0.15, 0.2) is 6.61 Å². The van der Waals surface area contributed by atoms with Crippen LogP contribution < -0.4 is 0 Å². The van der Waals surface area contributed by atoms with E-state index in [1.54, 1.807) is 30.5 Å². The maximum absolute atomic E-state index is 12.3. The van der Waals surface area contributed by atoms with Gasteiger partial charge in [0.05, 0.1) is 5.56 Å². The molecule has 2 aromatic heterocycles. The van der Waals surface area contributed by atoms with Crippen LogP contribution in [0.3, 0.4) is 0 Å². The summed E-state index contributed by atoms with van der Waals surface area (Å²) in [4.78, 5) is 15.3. The number of benzene rings is 2. The number of hydrogen-bond donors (Lipinski definition) is 1. The van der Waals surface area contributed by atoms with Crippen LogP contribution in [0.15, 0.2) is 59.1 Å². The second-order valence-corrected chi connectivity index (χ2v) is 5.77. The Bertz CT molecular complexity index is 1040. The Labute approximate surface area is 147 Å². The summed E-state index contributed by atoms with van der Waals surface area (Å²) in [5.41, 5.74) is 2.08. The van der Waals surface area contributed by atoms with Crippen molar-refractivity contribution in [3.63, 3.8) is 0 Å². The number of aromatic amines is 1. The smallest absolute Gasteiger partial charge is 0.340 e. The molecule has 4 rings (SSSR count). The summed E-state index contributed by atoms with van der Waals surface area (Å²) in [6.07, 6.45) is 1.62. The normalized spacial score (nSPS) is 10.9. The maximum atomic E-state index is 12.3. The number of para-hydroxylation sites is 1. The minimum Gasteiger partial charge on any atom is -0.452 e. The zero-order valence-electron chi connectivity index (χ0n) is 12.9. The van der Waals surface area contributed by atoms with Gasteiger partial charge >= 0.3 is 5.97 Å². The Morgan fingerprint density at radius 2 is 1.92 bits per heavy atom. The van der Waals surface area contributed by atoms with Gasteiger partial charge in [-0.25, -0.2) is 4.79 Å². The van der Waals surface area contributed by atoms with E-state index in [0.29, 0.717) is 16.5 Å². The van der Waals surface area contributed by atoms with Crippen LogP contribution in [0.4, 0.5) is 0 Å². The number of nitrogens with zero attached hydrogens (tertiary/aromatic N) is 2. The van der Waals surface area contributed by atoms with E-state index in [4.69, 9.17) is 20.8 Å². The highest BCUT2D eigenvalue weighted by Gasteiger charge is 2.15. The fraction of sp³-hybridized carbons (Fsp3) is 0.0556. The van der Waals surface area contributed by atoms with Crippen molar-refractivity contribution in [1.29, 1.82) is 0 Å². The number of H-pyrrole nitrogens is 1. The van der Waals surface area contributed by atoms with Gasteiger partial charge in [-0.1, -0.05) is 29.8 Å². The molecule has 1 N–H and O–H groups in total. The average molecular weight is 354 g/mol. The summed E-state index contributed by atoms with van der Waals surface area (Å²) in [6.45, 7) is -0.0983. The molecule has 0 saturated carbocycles. The zero-order valence-corrected chi connectivity index (χ0v) is 13.7. The van der Waals surface area contributed by atoms with Crippen LogP contribution in [-0.4, -0.2) is 21.2 Å². The first-order chi connectivity index (χ1) is 12.2. The summed E-state index contributed by atoms with van der Waals surface area (Å²) in [6, 6.07) is 14.5. The van der Waals surface area contributed by atoms with Crippen molar-refractivity contribution >= 4 is 28.5 Å². The number of halogens is 1. The van der Waals surface area contributed by atoms with Crippen LogP contribution in [0.1, 0.15) is 16.2 Å². The number of rotatable bonds is 4. The molecule has 2 aromatic carbocycles. The Balaban J connectivity index is 1.46. The first kappa shape index (κ1) is 15.4. The summed E-state index contributed by atoms with van der Waals surface area (Å²) in [7, 11) is 0. The quantitative estimate of drug-likeness (QED) is 0.555. The van der Waals surface area contributed by atoms with E-state index in [2.05, 4.69) is 15.2 Å². The number of esters is 1. The predicted molar refractivity (Wildman–Crippen MR) is 92.2 cm³/mol. The van der Waals surface area contributed by atoms with E-state index in [1.165, 1.54) is 0 Å². The van der Waals surface area contributed by atoms with E-state index in [9.17, 15) is 4.79 Å². The van der Waals surface area contributed by atoms with Gasteiger partial charge in [0.1, 0.15) is 0 Å². The van der Waals surface area contributed by atoms with E-state index in [0.717, 1.165) is 16.5 Å². The highest BCUT2D eigenvalue weighted by Crippen LogP contribution is 2.21. The monoisotopic (exact) mass is 353 g/mol. The maximum Gasteiger partial charge on any atom is 0.340 e. The van der Waals surface area contributed by atoms with Crippen LogP contribution >= 0.6 is 11.6 Å². The van der Waals surface area contributed by atoms with E-state index < -0.39 is 5.97 Å². The van der Waals surface area contributed by atoms with Crippen molar-refractivity contribution in [1.82, 2.24) is 15.2 Å². The predicted octanol–water partition coefficient (Wildman–Crippen LogP) is 4.23. The molecular formula is C18H12ClN3O3. The number of ether oxygens (including phenoxy) is 1. The van der Waals surface area contributed by atoms with Crippen LogP contribution in [0.2, 0.25) is 5.02 Å². The molecule has 7 heteroatoms. The SMILES string of the molecule is O=C(OCc1nnc(-c2ccc(Cl)cc2)o1)c1c[nH]c2ccccc12. The van der Waals surface area contributed by atoms with Gasteiger partial charge in [-0.15, -0.1) is 10.2 Å². The molecule has 0 atom stereocenters. The molecule has 124 valence electrons. The molecule has 0 aliphatic rings. The summed E-state index contributed by atoms with van der Waals surface area (Å²) in [5, 5.41) is 9.27. The standard InChI is InChI=1S/C18H12ClN3O3/c19-12-7-5-11(6-8-12)17-22-21-16(25-17)10-24-18(23)14-9-20-15-4-2-1-3-13(14)15/h1-9,20H,10H2. The summed E-state index contributed by atoms with van der Waals surface area (Å²) < 4.78 is 10.8. The molecule has 0 unspecified atom stereocenters. The van der Waals surface area contributed by atoms with Crippen molar-refractivity contribution in [2.45, 2.75) is 6.61 Å². The highest BCUT2D eigenvalue weighted by molar-refractivity contribution is 6.30. The molecule has 0 fully saturated rings. The second kappa shape index (κ2) is 6.41. The van der Waals surface area contributed by atoms with E-state index in [-0.39, 0.29) is 12.5 Å². The number of aromatic nitrogens is 3. The molecule has 0 aliphatic carbocycles. The van der Waals surface area contributed by atoms with Crippen LogP contribution in [0.5, 0.6) is 0 Å². The van der Waals surface area contributed by atoms with Gasteiger partial charge in [-0.2, -0.15) is 0 Å². The summed E-state index contributed by atoms with van der Waals surface area (Å²) >= 11 is 5.85. The van der Waals surface area contributed by atoms with Gasteiger partial charge in [0, 0.05) is 27.7 Å². The first-order valence-electron chi connectivity index (χ1n) is 7.52. The third kappa shape index (κ3) is 3.12. The molecular weight excluding hydrogens is 342 g/mol. The van der Waals surface area contributed by atoms with Gasteiger partial charge < -0.3 is 14.1 Å². The lowest BCUT2D eigenvalue weighted by atomic mass is 10.2. The number of nitrogens with one attached hydrogen (secondary N) is 1. The van der Waals surface area contributed by atoms with E-state index in [1.807, 2.05) is 24.3 Å².